The van der Waals surface area contributed by atoms with Crippen LogP contribution in [0.4, 0.5) is 0 Å². The molecule has 3 nitrogen and oxygen atoms in total. The number of pyridine rings is 1. The molecule has 0 radical (unpaired) electrons. The van der Waals surface area contributed by atoms with Gasteiger partial charge in [0.05, 0.1) is 17.8 Å². The SMILES string of the molecule is NC1(CO)CCc2cccnc21. The molecule has 3 N–H and O–H groups in total. The Balaban J connectivity index is 2.49. The minimum absolute atomic E-state index is 0.0169. The van der Waals surface area contributed by atoms with E-state index in [1.807, 2.05) is 12.1 Å². The molecule has 0 saturated heterocycles. The Kier molecular flexibility index (Phi) is 1.63. The lowest BCUT2D eigenvalue weighted by Crippen LogP contribution is -2.38. The van der Waals surface area contributed by atoms with Gasteiger partial charge in [-0.3, -0.25) is 4.98 Å². The molecule has 1 atom stereocenters. The first-order valence-corrected chi connectivity index (χ1v) is 4.10. The highest BCUT2D eigenvalue weighted by molar-refractivity contribution is 5.32. The maximum Gasteiger partial charge on any atom is 0.0823 e. The standard InChI is InChI=1S/C9H12N2O/c10-9(6-12)4-3-7-2-1-5-11-8(7)9/h1-2,5,12H,3-4,6,10H2. The normalized spacial score (nSPS) is 27.2. The molecule has 0 aromatic carbocycles. The molecule has 64 valence electrons. The predicted octanol–water partition coefficient (Wildman–Crippen LogP) is 0.174. The zero-order valence-electron chi connectivity index (χ0n) is 6.83. The number of aryl methyl sites for hydroxylation is 1. The fourth-order valence-corrected chi connectivity index (χ4v) is 1.72. The molecule has 3 heteroatoms. The van der Waals surface area contributed by atoms with Crippen LogP contribution in [0, 0.1) is 0 Å². The van der Waals surface area contributed by atoms with E-state index in [9.17, 15) is 0 Å². The zero-order chi connectivity index (χ0) is 8.60. The van der Waals surface area contributed by atoms with Gasteiger partial charge in [-0.15, -0.1) is 0 Å². The minimum atomic E-state index is -0.587. The van der Waals surface area contributed by atoms with E-state index in [2.05, 4.69) is 4.98 Å². The van der Waals surface area contributed by atoms with Crippen molar-refractivity contribution in [3.8, 4) is 0 Å². The van der Waals surface area contributed by atoms with Gasteiger partial charge in [0, 0.05) is 6.20 Å². The van der Waals surface area contributed by atoms with Gasteiger partial charge in [0.25, 0.3) is 0 Å². The average molecular weight is 164 g/mol. The lowest BCUT2D eigenvalue weighted by atomic mass is 9.99. The summed E-state index contributed by atoms with van der Waals surface area (Å²) in [7, 11) is 0. The molecule has 1 heterocycles. The van der Waals surface area contributed by atoms with Crippen molar-refractivity contribution in [1.82, 2.24) is 4.98 Å². The molecule has 1 aromatic heterocycles. The van der Waals surface area contributed by atoms with E-state index in [1.165, 1.54) is 5.56 Å². The third-order valence-electron chi connectivity index (χ3n) is 2.49. The summed E-state index contributed by atoms with van der Waals surface area (Å²) in [6.07, 6.45) is 3.46. The summed E-state index contributed by atoms with van der Waals surface area (Å²) in [5.74, 6) is 0. The Morgan fingerprint density at radius 1 is 1.67 bits per heavy atom. The second-order valence-corrected chi connectivity index (χ2v) is 3.33. The molecular formula is C9H12N2O. The van der Waals surface area contributed by atoms with Crippen molar-refractivity contribution < 1.29 is 5.11 Å². The quantitative estimate of drug-likeness (QED) is 0.622. The van der Waals surface area contributed by atoms with Gasteiger partial charge in [0.2, 0.25) is 0 Å². The smallest absolute Gasteiger partial charge is 0.0823 e. The molecule has 0 spiro atoms. The van der Waals surface area contributed by atoms with Crippen LogP contribution in [0.25, 0.3) is 0 Å². The van der Waals surface area contributed by atoms with Gasteiger partial charge in [-0.05, 0) is 24.5 Å². The third kappa shape index (κ3) is 0.940. The second kappa shape index (κ2) is 2.54. The topological polar surface area (TPSA) is 59.1 Å². The number of fused-ring (bicyclic) bond motifs is 1. The number of nitrogens with zero attached hydrogens (tertiary/aromatic N) is 1. The highest BCUT2D eigenvalue weighted by Gasteiger charge is 2.35. The summed E-state index contributed by atoms with van der Waals surface area (Å²) in [5.41, 5.74) is 7.41. The van der Waals surface area contributed by atoms with Gasteiger partial charge < -0.3 is 10.8 Å². The Morgan fingerprint density at radius 3 is 3.25 bits per heavy atom. The number of aliphatic hydroxyl groups excluding tert-OH is 1. The molecule has 1 aromatic rings. The van der Waals surface area contributed by atoms with Crippen LogP contribution in [0.1, 0.15) is 17.7 Å². The van der Waals surface area contributed by atoms with Crippen molar-refractivity contribution >= 4 is 0 Å². The molecule has 2 rings (SSSR count). The van der Waals surface area contributed by atoms with Crippen molar-refractivity contribution in [1.29, 1.82) is 0 Å². The molecular weight excluding hydrogens is 152 g/mol. The van der Waals surface area contributed by atoms with Crippen molar-refractivity contribution in [2.45, 2.75) is 18.4 Å². The summed E-state index contributed by atoms with van der Waals surface area (Å²) in [6.45, 7) is -0.0169. The summed E-state index contributed by atoms with van der Waals surface area (Å²) in [5, 5.41) is 9.11. The van der Waals surface area contributed by atoms with E-state index in [1.54, 1.807) is 6.20 Å². The summed E-state index contributed by atoms with van der Waals surface area (Å²) in [4.78, 5) is 4.20. The van der Waals surface area contributed by atoms with Gasteiger partial charge in [-0.1, -0.05) is 6.07 Å². The number of hydrogen-bond donors (Lipinski definition) is 2. The summed E-state index contributed by atoms with van der Waals surface area (Å²) < 4.78 is 0. The molecule has 12 heavy (non-hydrogen) atoms. The van der Waals surface area contributed by atoms with Crippen LogP contribution in [0.3, 0.4) is 0 Å². The summed E-state index contributed by atoms with van der Waals surface area (Å²) in [6, 6.07) is 3.93. The Hall–Kier alpha value is -0.930. The maximum absolute atomic E-state index is 9.11. The molecule has 0 bridgehead atoms. The average Bonchev–Trinajstić information content (AvgIpc) is 2.46. The minimum Gasteiger partial charge on any atom is -0.394 e. The largest absolute Gasteiger partial charge is 0.394 e. The van der Waals surface area contributed by atoms with Gasteiger partial charge in [-0.25, -0.2) is 0 Å². The first kappa shape index (κ1) is 7.71. The number of nitrogens with two attached hydrogens (primary N) is 1. The molecule has 1 unspecified atom stereocenters. The van der Waals surface area contributed by atoms with Crippen LogP contribution in [0.2, 0.25) is 0 Å². The zero-order valence-corrected chi connectivity index (χ0v) is 6.83. The van der Waals surface area contributed by atoms with E-state index >= 15 is 0 Å². The highest BCUT2D eigenvalue weighted by Crippen LogP contribution is 2.32. The summed E-state index contributed by atoms with van der Waals surface area (Å²) >= 11 is 0. The van der Waals surface area contributed by atoms with Gasteiger partial charge >= 0.3 is 0 Å². The lowest BCUT2D eigenvalue weighted by Gasteiger charge is -2.20. The molecule has 0 amide bonds. The molecule has 1 aliphatic rings. The first-order chi connectivity index (χ1) is 5.76. The number of hydrogen-bond acceptors (Lipinski definition) is 3. The van der Waals surface area contributed by atoms with Crippen molar-refractivity contribution in [2.75, 3.05) is 6.61 Å². The first-order valence-electron chi connectivity index (χ1n) is 4.10. The monoisotopic (exact) mass is 164 g/mol. The maximum atomic E-state index is 9.11. The molecule has 0 fully saturated rings. The molecule has 1 aliphatic carbocycles. The third-order valence-corrected chi connectivity index (χ3v) is 2.49. The second-order valence-electron chi connectivity index (χ2n) is 3.33. The Morgan fingerprint density at radius 2 is 2.50 bits per heavy atom. The van der Waals surface area contributed by atoms with E-state index in [4.69, 9.17) is 10.8 Å². The predicted molar refractivity (Wildman–Crippen MR) is 45.5 cm³/mol. The van der Waals surface area contributed by atoms with Crippen LogP contribution in [-0.4, -0.2) is 16.7 Å². The van der Waals surface area contributed by atoms with Crippen molar-refractivity contribution in [3.63, 3.8) is 0 Å². The Bertz CT molecular complexity index is 300. The lowest BCUT2D eigenvalue weighted by molar-refractivity contribution is 0.194. The van der Waals surface area contributed by atoms with Crippen LogP contribution < -0.4 is 5.73 Å². The van der Waals surface area contributed by atoms with E-state index in [0.29, 0.717) is 0 Å². The van der Waals surface area contributed by atoms with Crippen molar-refractivity contribution in [3.05, 3.63) is 29.6 Å². The van der Waals surface area contributed by atoms with Crippen LogP contribution in [-0.2, 0) is 12.0 Å². The van der Waals surface area contributed by atoms with Gasteiger partial charge in [0.1, 0.15) is 0 Å². The van der Waals surface area contributed by atoms with E-state index in [0.717, 1.165) is 18.5 Å². The van der Waals surface area contributed by atoms with E-state index < -0.39 is 5.54 Å². The van der Waals surface area contributed by atoms with Crippen molar-refractivity contribution in [2.24, 2.45) is 5.73 Å². The molecule has 0 aliphatic heterocycles. The number of aliphatic hydroxyl groups is 1. The number of rotatable bonds is 1. The Labute approximate surface area is 71.2 Å². The van der Waals surface area contributed by atoms with E-state index in [-0.39, 0.29) is 6.61 Å². The highest BCUT2D eigenvalue weighted by atomic mass is 16.3. The van der Waals surface area contributed by atoms with Gasteiger partial charge in [-0.2, -0.15) is 0 Å². The van der Waals surface area contributed by atoms with Crippen LogP contribution >= 0.6 is 0 Å². The van der Waals surface area contributed by atoms with Crippen LogP contribution in [0.5, 0.6) is 0 Å². The fraction of sp³-hybridized carbons (Fsp3) is 0.444. The van der Waals surface area contributed by atoms with Gasteiger partial charge in [0.15, 0.2) is 0 Å². The fourth-order valence-electron chi connectivity index (χ4n) is 1.72. The number of aromatic nitrogens is 1. The molecule has 0 saturated carbocycles. The van der Waals surface area contributed by atoms with Crippen LogP contribution in [0.15, 0.2) is 18.3 Å².